The van der Waals surface area contributed by atoms with E-state index in [1.165, 1.54) is 28.6 Å². The molecule has 0 aliphatic carbocycles. The normalized spacial score (nSPS) is 16.9. The molecule has 6 heteroatoms. The van der Waals surface area contributed by atoms with Crippen molar-refractivity contribution in [2.45, 2.75) is 19.0 Å². The molecule has 5 nitrogen and oxygen atoms in total. The number of fused-ring (bicyclic) bond motifs is 1. The lowest BCUT2D eigenvalue weighted by atomic mass is 9.98. The van der Waals surface area contributed by atoms with Gasteiger partial charge in [0.1, 0.15) is 24.2 Å². The molecule has 1 aliphatic rings. The lowest BCUT2D eigenvalue weighted by Crippen LogP contribution is -2.42. The van der Waals surface area contributed by atoms with Crippen molar-refractivity contribution in [1.29, 1.82) is 0 Å². The Hall–Kier alpha value is -2.73. The maximum atomic E-state index is 14.4. The second-order valence-corrected chi connectivity index (χ2v) is 6.10. The summed E-state index contributed by atoms with van der Waals surface area (Å²) in [4.78, 5) is 6.07. The molecule has 1 atom stereocenters. The molecule has 24 heavy (non-hydrogen) atoms. The Morgan fingerprint density at radius 2 is 2.04 bits per heavy atom. The fourth-order valence-corrected chi connectivity index (χ4v) is 3.26. The third kappa shape index (κ3) is 2.76. The minimum absolute atomic E-state index is 0.0965. The standard InChI is InChI=1S/C18H18FN5/c19-16-7-13(5-6-18(16)24-12-21-11-22-24)9-23-10-15(20)8-14-3-1-2-4-17(14)23/h1-7,11-12,15H,8-10,20H2. The lowest BCUT2D eigenvalue weighted by molar-refractivity contribution is 0.591. The summed E-state index contributed by atoms with van der Waals surface area (Å²) in [5.41, 5.74) is 9.90. The number of para-hydroxylation sites is 1. The number of rotatable bonds is 3. The molecule has 1 aromatic heterocycles. The predicted molar refractivity (Wildman–Crippen MR) is 90.5 cm³/mol. The number of nitrogens with two attached hydrogens (primary N) is 1. The fourth-order valence-electron chi connectivity index (χ4n) is 3.26. The molecule has 0 spiro atoms. The van der Waals surface area contributed by atoms with Gasteiger partial charge in [0.25, 0.3) is 0 Å². The van der Waals surface area contributed by atoms with Crippen molar-refractivity contribution in [1.82, 2.24) is 14.8 Å². The predicted octanol–water partition coefficient (Wildman–Crippen LogP) is 2.30. The molecule has 0 bridgehead atoms. The van der Waals surface area contributed by atoms with Crippen LogP contribution in [0, 0.1) is 5.82 Å². The van der Waals surface area contributed by atoms with Gasteiger partial charge in [0.2, 0.25) is 0 Å². The van der Waals surface area contributed by atoms with Crippen LogP contribution < -0.4 is 10.6 Å². The first-order chi connectivity index (χ1) is 11.7. The van der Waals surface area contributed by atoms with E-state index in [1.807, 2.05) is 18.2 Å². The summed E-state index contributed by atoms with van der Waals surface area (Å²) in [6.45, 7) is 1.39. The van der Waals surface area contributed by atoms with Crippen LogP contribution in [0.2, 0.25) is 0 Å². The van der Waals surface area contributed by atoms with E-state index in [0.29, 0.717) is 12.2 Å². The van der Waals surface area contributed by atoms with Gasteiger partial charge in [0, 0.05) is 24.8 Å². The number of halogens is 1. The molecule has 0 saturated carbocycles. The maximum Gasteiger partial charge on any atom is 0.149 e. The van der Waals surface area contributed by atoms with Crippen molar-refractivity contribution < 1.29 is 4.39 Å². The molecular formula is C18H18FN5. The van der Waals surface area contributed by atoms with Crippen LogP contribution in [0.3, 0.4) is 0 Å². The topological polar surface area (TPSA) is 60.0 Å². The first kappa shape index (κ1) is 14.8. The van der Waals surface area contributed by atoms with Gasteiger partial charge in [-0.3, -0.25) is 0 Å². The first-order valence-electron chi connectivity index (χ1n) is 7.92. The van der Waals surface area contributed by atoms with E-state index in [1.54, 1.807) is 12.1 Å². The molecule has 0 saturated heterocycles. The molecule has 4 rings (SSSR count). The van der Waals surface area contributed by atoms with Crippen molar-refractivity contribution in [3.63, 3.8) is 0 Å². The van der Waals surface area contributed by atoms with Crippen molar-refractivity contribution in [2.75, 3.05) is 11.4 Å². The smallest absolute Gasteiger partial charge is 0.149 e. The number of anilines is 1. The zero-order valence-electron chi connectivity index (χ0n) is 13.1. The van der Waals surface area contributed by atoms with E-state index < -0.39 is 0 Å². The largest absolute Gasteiger partial charge is 0.365 e. The quantitative estimate of drug-likeness (QED) is 0.803. The SMILES string of the molecule is NC1Cc2ccccc2N(Cc2ccc(-n3cncn3)c(F)c2)C1. The summed E-state index contributed by atoms with van der Waals surface area (Å²) in [5.74, 6) is -0.312. The number of nitrogens with zero attached hydrogens (tertiary/aromatic N) is 4. The number of hydrogen-bond donors (Lipinski definition) is 1. The zero-order chi connectivity index (χ0) is 16.5. The van der Waals surface area contributed by atoms with Crippen molar-refractivity contribution in [3.8, 4) is 5.69 Å². The zero-order valence-corrected chi connectivity index (χ0v) is 13.1. The summed E-state index contributed by atoms with van der Waals surface area (Å²) in [6.07, 6.45) is 3.75. The van der Waals surface area contributed by atoms with Gasteiger partial charge in [-0.1, -0.05) is 24.3 Å². The highest BCUT2D eigenvalue weighted by Crippen LogP contribution is 2.28. The highest BCUT2D eigenvalue weighted by Gasteiger charge is 2.22. The second-order valence-electron chi connectivity index (χ2n) is 6.10. The molecule has 122 valence electrons. The molecule has 0 radical (unpaired) electrons. The van der Waals surface area contributed by atoms with Crippen LogP contribution in [-0.2, 0) is 13.0 Å². The summed E-state index contributed by atoms with van der Waals surface area (Å²) in [5, 5.41) is 3.97. The maximum absolute atomic E-state index is 14.4. The van der Waals surface area contributed by atoms with Gasteiger partial charge in [-0.2, -0.15) is 5.10 Å². The van der Waals surface area contributed by atoms with Gasteiger partial charge >= 0.3 is 0 Å². The third-order valence-electron chi connectivity index (χ3n) is 4.32. The van der Waals surface area contributed by atoms with Crippen LogP contribution in [0.15, 0.2) is 55.1 Å². The van der Waals surface area contributed by atoms with E-state index in [-0.39, 0.29) is 11.9 Å². The Morgan fingerprint density at radius 1 is 1.17 bits per heavy atom. The molecular weight excluding hydrogens is 305 g/mol. The summed E-state index contributed by atoms with van der Waals surface area (Å²) < 4.78 is 15.8. The first-order valence-corrected chi connectivity index (χ1v) is 7.92. The fraction of sp³-hybridized carbons (Fsp3) is 0.222. The van der Waals surface area contributed by atoms with Crippen molar-refractivity contribution in [2.24, 2.45) is 5.73 Å². The van der Waals surface area contributed by atoms with Crippen LogP contribution in [0.1, 0.15) is 11.1 Å². The monoisotopic (exact) mass is 323 g/mol. The molecule has 1 unspecified atom stereocenters. The summed E-state index contributed by atoms with van der Waals surface area (Å²) >= 11 is 0. The third-order valence-corrected chi connectivity index (χ3v) is 4.32. The number of aromatic nitrogens is 3. The average molecular weight is 323 g/mol. The lowest BCUT2D eigenvalue weighted by Gasteiger charge is -2.34. The number of benzene rings is 2. The van der Waals surface area contributed by atoms with E-state index in [0.717, 1.165) is 18.5 Å². The Balaban J connectivity index is 1.61. The van der Waals surface area contributed by atoms with Gasteiger partial charge in [-0.15, -0.1) is 0 Å². The molecule has 2 N–H and O–H groups in total. The second kappa shape index (κ2) is 6.05. The minimum atomic E-state index is -0.312. The Bertz CT molecular complexity index is 846. The molecule has 1 aliphatic heterocycles. The van der Waals surface area contributed by atoms with E-state index in [2.05, 4.69) is 27.1 Å². The van der Waals surface area contributed by atoms with Crippen LogP contribution in [0.4, 0.5) is 10.1 Å². The minimum Gasteiger partial charge on any atom is -0.365 e. The Morgan fingerprint density at radius 3 is 2.83 bits per heavy atom. The molecule has 0 amide bonds. The summed E-state index contributed by atoms with van der Waals surface area (Å²) in [7, 11) is 0. The Labute approximate surface area is 139 Å². The Kier molecular flexibility index (Phi) is 3.74. The summed E-state index contributed by atoms with van der Waals surface area (Å²) in [6, 6.07) is 13.6. The van der Waals surface area contributed by atoms with E-state index in [4.69, 9.17) is 5.73 Å². The van der Waals surface area contributed by atoms with Gasteiger partial charge in [-0.05, 0) is 35.7 Å². The molecule has 2 heterocycles. The average Bonchev–Trinajstić information content (AvgIpc) is 3.09. The van der Waals surface area contributed by atoms with E-state index >= 15 is 0 Å². The van der Waals surface area contributed by atoms with Crippen LogP contribution in [-0.4, -0.2) is 27.4 Å². The van der Waals surface area contributed by atoms with Crippen LogP contribution in [0.5, 0.6) is 0 Å². The van der Waals surface area contributed by atoms with Gasteiger partial charge in [0.05, 0.1) is 0 Å². The molecule has 3 aromatic rings. The van der Waals surface area contributed by atoms with Crippen molar-refractivity contribution in [3.05, 3.63) is 72.1 Å². The highest BCUT2D eigenvalue weighted by atomic mass is 19.1. The van der Waals surface area contributed by atoms with Gasteiger partial charge in [-0.25, -0.2) is 14.1 Å². The molecule has 2 aromatic carbocycles. The van der Waals surface area contributed by atoms with E-state index in [9.17, 15) is 4.39 Å². The van der Waals surface area contributed by atoms with Gasteiger partial charge < -0.3 is 10.6 Å². The highest BCUT2D eigenvalue weighted by molar-refractivity contribution is 5.56. The van der Waals surface area contributed by atoms with Crippen LogP contribution >= 0.6 is 0 Å². The van der Waals surface area contributed by atoms with Crippen molar-refractivity contribution >= 4 is 5.69 Å². The molecule has 0 fully saturated rings. The van der Waals surface area contributed by atoms with Gasteiger partial charge in [0.15, 0.2) is 0 Å². The van der Waals surface area contributed by atoms with Crippen LogP contribution in [0.25, 0.3) is 5.69 Å². The number of hydrogen-bond acceptors (Lipinski definition) is 4.